The molecular formula is C16H28N4O. The number of aromatic nitrogens is 1. The first-order valence-electron chi connectivity index (χ1n) is 7.98. The second-order valence-corrected chi connectivity index (χ2v) is 5.55. The topological polar surface area (TPSA) is 54.6 Å². The first kappa shape index (κ1) is 16.0. The quantitative estimate of drug-likeness (QED) is 0.865. The Labute approximate surface area is 128 Å². The van der Waals surface area contributed by atoms with Crippen LogP contribution in [0.1, 0.15) is 26.2 Å². The highest BCUT2D eigenvalue weighted by Gasteiger charge is 2.22. The monoisotopic (exact) mass is 292 g/mol. The Balaban J connectivity index is 2.03. The second kappa shape index (κ2) is 8.20. The fourth-order valence-electron chi connectivity index (χ4n) is 3.13. The highest BCUT2D eigenvalue weighted by atomic mass is 16.5. The molecule has 21 heavy (non-hydrogen) atoms. The summed E-state index contributed by atoms with van der Waals surface area (Å²) in [5, 5.41) is 0. The van der Waals surface area contributed by atoms with Crippen LogP contribution >= 0.6 is 0 Å². The molecule has 1 saturated heterocycles. The molecule has 1 aromatic heterocycles. The Morgan fingerprint density at radius 3 is 2.90 bits per heavy atom. The first-order valence-corrected chi connectivity index (χ1v) is 7.98. The maximum Gasteiger partial charge on any atom is 0.171 e. The van der Waals surface area contributed by atoms with E-state index in [0.717, 1.165) is 57.1 Å². The number of nitrogens with two attached hydrogens (primary N) is 1. The van der Waals surface area contributed by atoms with Crippen molar-refractivity contribution in [3.63, 3.8) is 0 Å². The average molecular weight is 292 g/mol. The molecule has 0 aromatic carbocycles. The van der Waals surface area contributed by atoms with E-state index in [0.29, 0.717) is 6.04 Å². The van der Waals surface area contributed by atoms with Crippen molar-refractivity contribution in [2.24, 2.45) is 5.73 Å². The summed E-state index contributed by atoms with van der Waals surface area (Å²) in [4.78, 5) is 9.43. The summed E-state index contributed by atoms with van der Waals surface area (Å²) in [6, 6.07) is 4.51. The summed E-state index contributed by atoms with van der Waals surface area (Å²) in [6.45, 7) is 7.26. The van der Waals surface area contributed by atoms with Gasteiger partial charge in [-0.1, -0.05) is 6.92 Å². The van der Waals surface area contributed by atoms with Gasteiger partial charge in [0.2, 0.25) is 0 Å². The number of pyridine rings is 1. The minimum Gasteiger partial charge on any atom is -0.493 e. The summed E-state index contributed by atoms with van der Waals surface area (Å²) < 4.78 is 5.44. The van der Waals surface area contributed by atoms with Gasteiger partial charge in [0.15, 0.2) is 11.6 Å². The van der Waals surface area contributed by atoms with Gasteiger partial charge in [-0.2, -0.15) is 0 Å². The molecule has 0 saturated carbocycles. The molecule has 1 fully saturated rings. The average Bonchev–Trinajstić information content (AvgIpc) is 2.78. The smallest absolute Gasteiger partial charge is 0.171 e. The van der Waals surface area contributed by atoms with Gasteiger partial charge in [0.1, 0.15) is 0 Å². The van der Waals surface area contributed by atoms with Crippen LogP contribution in [0.3, 0.4) is 0 Å². The van der Waals surface area contributed by atoms with Gasteiger partial charge < -0.3 is 15.4 Å². The van der Waals surface area contributed by atoms with Crippen molar-refractivity contribution in [1.29, 1.82) is 0 Å². The number of hydrogen-bond acceptors (Lipinski definition) is 5. The molecule has 5 nitrogen and oxygen atoms in total. The Kier molecular flexibility index (Phi) is 6.26. The summed E-state index contributed by atoms with van der Waals surface area (Å²) in [5.74, 6) is 1.83. The maximum absolute atomic E-state index is 5.74. The molecule has 2 heterocycles. The summed E-state index contributed by atoms with van der Waals surface area (Å²) >= 11 is 0. The van der Waals surface area contributed by atoms with Gasteiger partial charge in [0, 0.05) is 38.4 Å². The molecule has 0 spiro atoms. The molecule has 1 aliphatic heterocycles. The highest BCUT2D eigenvalue weighted by molar-refractivity contribution is 5.52. The van der Waals surface area contributed by atoms with Crippen molar-refractivity contribution < 1.29 is 4.74 Å². The van der Waals surface area contributed by atoms with Crippen molar-refractivity contribution in [3.05, 3.63) is 18.3 Å². The zero-order valence-electron chi connectivity index (χ0n) is 13.3. The molecule has 1 aliphatic rings. The molecule has 1 unspecified atom stereocenters. The molecule has 2 rings (SSSR count). The van der Waals surface area contributed by atoms with Crippen molar-refractivity contribution in [3.8, 4) is 5.75 Å². The zero-order valence-corrected chi connectivity index (χ0v) is 13.3. The number of methoxy groups -OCH3 is 1. The highest BCUT2D eigenvalue weighted by Crippen LogP contribution is 2.26. The number of anilines is 1. The molecule has 0 amide bonds. The molecular weight excluding hydrogens is 264 g/mol. The lowest BCUT2D eigenvalue weighted by Gasteiger charge is -2.30. The molecule has 0 aliphatic carbocycles. The third kappa shape index (κ3) is 4.08. The summed E-state index contributed by atoms with van der Waals surface area (Å²) in [7, 11) is 1.71. The summed E-state index contributed by atoms with van der Waals surface area (Å²) in [5.41, 5.74) is 5.74. The van der Waals surface area contributed by atoms with E-state index in [-0.39, 0.29) is 0 Å². The van der Waals surface area contributed by atoms with Crippen LogP contribution in [0.15, 0.2) is 18.3 Å². The van der Waals surface area contributed by atoms with E-state index < -0.39 is 0 Å². The van der Waals surface area contributed by atoms with Crippen LogP contribution in [-0.4, -0.2) is 55.8 Å². The van der Waals surface area contributed by atoms with Crippen molar-refractivity contribution in [1.82, 2.24) is 9.88 Å². The van der Waals surface area contributed by atoms with E-state index >= 15 is 0 Å². The Bertz CT molecular complexity index is 426. The SMILES string of the molecule is CCC(CCN)N1CCCN(c2ncccc2OC)CC1. The van der Waals surface area contributed by atoms with Crippen LogP contribution in [0.4, 0.5) is 5.82 Å². The van der Waals surface area contributed by atoms with Gasteiger partial charge in [0.05, 0.1) is 7.11 Å². The minimum absolute atomic E-state index is 0.612. The molecule has 1 aromatic rings. The van der Waals surface area contributed by atoms with E-state index in [1.54, 1.807) is 7.11 Å². The fraction of sp³-hybridized carbons (Fsp3) is 0.688. The van der Waals surface area contributed by atoms with Gasteiger partial charge in [-0.3, -0.25) is 4.90 Å². The lowest BCUT2D eigenvalue weighted by Crippen LogP contribution is -2.39. The Morgan fingerprint density at radius 2 is 2.19 bits per heavy atom. The summed E-state index contributed by atoms with van der Waals surface area (Å²) in [6.07, 6.45) is 5.25. The molecule has 0 radical (unpaired) electrons. The van der Waals surface area contributed by atoms with E-state index in [4.69, 9.17) is 10.5 Å². The van der Waals surface area contributed by atoms with E-state index in [1.165, 1.54) is 6.42 Å². The Hall–Kier alpha value is -1.33. The number of nitrogens with zero attached hydrogens (tertiary/aromatic N) is 3. The van der Waals surface area contributed by atoms with Crippen LogP contribution in [0.25, 0.3) is 0 Å². The van der Waals surface area contributed by atoms with Gasteiger partial charge in [0.25, 0.3) is 0 Å². The van der Waals surface area contributed by atoms with Crippen molar-refractivity contribution >= 4 is 5.82 Å². The maximum atomic E-state index is 5.74. The van der Waals surface area contributed by atoms with E-state index in [9.17, 15) is 0 Å². The zero-order chi connectivity index (χ0) is 15.1. The number of ether oxygens (including phenoxy) is 1. The van der Waals surface area contributed by atoms with Gasteiger partial charge in [-0.15, -0.1) is 0 Å². The largest absolute Gasteiger partial charge is 0.493 e. The molecule has 5 heteroatoms. The molecule has 1 atom stereocenters. The normalized spacial score (nSPS) is 18.3. The minimum atomic E-state index is 0.612. The number of rotatable bonds is 6. The predicted octanol–water partition coefficient (Wildman–Crippen LogP) is 1.73. The molecule has 2 N–H and O–H groups in total. The van der Waals surface area contributed by atoms with Crippen LogP contribution < -0.4 is 15.4 Å². The lowest BCUT2D eigenvalue weighted by atomic mass is 10.1. The van der Waals surface area contributed by atoms with E-state index in [1.807, 2.05) is 18.3 Å². The molecule has 0 bridgehead atoms. The number of hydrogen-bond donors (Lipinski definition) is 1. The lowest BCUT2D eigenvalue weighted by molar-refractivity contribution is 0.196. The van der Waals surface area contributed by atoms with Crippen LogP contribution in [0.2, 0.25) is 0 Å². The van der Waals surface area contributed by atoms with Gasteiger partial charge >= 0.3 is 0 Å². The standard InChI is InChI=1S/C16H28N4O/c1-3-14(7-8-17)19-10-5-11-20(13-12-19)16-15(21-2)6-4-9-18-16/h4,6,9,14H,3,5,7-8,10-13,17H2,1-2H3. The fourth-order valence-corrected chi connectivity index (χ4v) is 3.13. The first-order chi connectivity index (χ1) is 10.3. The van der Waals surface area contributed by atoms with Crippen LogP contribution in [0, 0.1) is 0 Å². The van der Waals surface area contributed by atoms with Gasteiger partial charge in [-0.05, 0) is 37.9 Å². The third-order valence-electron chi connectivity index (χ3n) is 4.29. The van der Waals surface area contributed by atoms with E-state index in [2.05, 4.69) is 21.7 Å². The van der Waals surface area contributed by atoms with Crippen LogP contribution in [-0.2, 0) is 0 Å². The van der Waals surface area contributed by atoms with Crippen molar-refractivity contribution in [2.75, 3.05) is 44.7 Å². The molecule has 118 valence electrons. The third-order valence-corrected chi connectivity index (χ3v) is 4.29. The van der Waals surface area contributed by atoms with Gasteiger partial charge in [-0.25, -0.2) is 4.98 Å². The van der Waals surface area contributed by atoms with Crippen molar-refractivity contribution in [2.45, 2.75) is 32.2 Å². The Morgan fingerprint density at radius 1 is 1.33 bits per heavy atom. The van der Waals surface area contributed by atoms with Crippen LogP contribution in [0.5, 0.6) is 5.75 Å². The predicted molar refractivity (Wildman–Crippen MR) is 86.9 cm³/mol. The second-order valence-electron chi connectivity index (χ2n) is 5.55.